The van der Waals surface area contributed by atoms with Crippen molar-refractivity contribution in [2.75, 3.05) is 6.54 Å². The van der Waals surface area contributed by atoms with Crippen LogP contribution in [0.3, 0.4) is 0 Å². The molecule has 0 aromatic heterocycles. The second-order valence-corrected chi connectivity index (χ2v) is 2.85. The highest BCUT2D eigenvalue weighted by atomic mass is 19.4. The molecule has 0 aliphatic carbocycles. The highest BCUT2D eigenvalue weighted by molar-refractivity contribution is 4.67. The van der Waals surface area contributed by atoms with E-state index in [1.165, 1.54) is 6.92 Å². The summed E-state index contributed by atoms with van der Waals surface area (Å²) < 4.78 is 34.8. The monoisotopic (exact) mass is 185 g/mol. The maximum atomic E-state index is 11.6. The first-order valence-electron chi connectivity index (χ1n) is 3.81. The van der Waals surface area contributed by atoms with Crippen LogP contribution in [0.25, 0.3) is 0 Å². The SMILES string of the molecule is CC(O)C(C)NCCC(F)(F)F. The molecule has 74 valence electrons. The maximum Gasteiger partial charge on any atom is 0.390 e. The average Bonchev–Trinajstić information content (AvgIpc) is 1.84. The molecule has 0 rings (SSSR count). The molecule has 0 aromatic rings. The van der Waals surface area contributed by atoms with Gasteiger partial charge in [-0.1, -0.05) is 0 Å². The predicted octanol–water partition coefficient (Wildman–Crippen LogP) is 1.30. The van der Waals surface area contributed by atoms with Gasteiger partial charge in [0.25, 0.3) is 0 Å². The molecule has 12 heavy (non-hydrogen) atoms. The molecule has 2 atom stereocenters. The Bertz CT molecular complexity index is 124. The van der Waals surface area contributed by atoms with Crippen molar-refractivity contribution < 1.29 is 18.3 Å². The Kier molecular flexibility index (Phi) is 4.55. The van der Waals surface area contributed by atoms with Crippen molar-refractivity contribution in [1.82, 2.24) is 5.32 Å². The molecule has 0 aromatic carbocycles. The van der Waals surface area contributed by atoms with Crippen molar-refractivity contribution in [3.8, 4) is 0 Å². The second kappa shape index (κ2) is 4.67. The summed E-state index contributed by atoms with van der Waals surface area (Å²) in [4.78, 5) is 0. The van der Waals surface area contributed by atoms with Crippen LogP contribution in [0.5, 0.6) is 0 Å². The molecule has 5 heteroatoms. The summed E-state index contributed by atoms with van der Waals surface area (Å²) in [6.45, 7) is 3.03. The Morgan fingerprint density at radius 3 is 2.17 bits per heavy atom. The van der Waals surface area contributed by atoms with E-state index in [4.69, 9.17) is 5.11 Å². The minimum atomic E-state index is -4.12. The molecule has 2 unspecified atom stereocenters. The summed E-state index contributed by atoms with van der Waals surface area (Å²) in [6.07, 6.45) is -5.60. The van der Waals surface area contributed by atoms with E-state index in [1.54, 1.807) is 6.92 Å². The van der Waals surface area contributed by atoms with Crippen LogP contribution in [0.1, 0.15) is 20.3 Å². The Balaban J connectivity index is 3.44. The summed E-state index contributed by atoms with van der Waals surface area (Å²) >= 11 is 0. The Morgan fingerprint density at radius 1 is 1.33 bits per heavy atom. The number of aliphatic hydroxyl groups is 1. The summed E-state index contributed by atoms with van der Waals surface area (Å²) in [7, 11) is 0. The molecule has 0 amide bonds. The van der Waals surface area contributed by atoms with Gasteiger partial charge in [0.05, 0.1) is 12.5 Å². The van der Waals surface area contributed by atoms with E-state index in [0.29, 0.717) is 0 Å². The molecule has 2 nitrogen and oxygen atoms in total. The van der Waals surface area contributed by atoms with E-state index in [-0.39, 0.29) is 12.6 Å². The standard InChI is InChI=1S/C7H14F3NO/c1-5(6(2)12)11-4-3-7(8,9)10/h5-6,11-12H,3-4H2,1-2H3. The summed E-state index contributed by atoms with van der Waals surface area (Å²) in [6, 6.07) is -0.299. The van der Waals surface area contributed by atoms with Crippen LogP contribution in [0.4, 0.5) is 13.2 Å². The third-order valence-electron chi connectivity index (χ3n) is 1.60. The van der Waals surface area contributed by atoms with Crippen LogP contribution < -0.4 is 5.32 Å². The summed E-state index contributed by atoms with van der Waals surface area (Å²) in [5.74, 6) is 0. The normalized spacial score (nSPS) is 17.5. The van der Waals surface area contributed by atoms with Crippen molar-refractivity contribution in [1.29, 1.82) is 0 Å². The van der Waals surface area contributed by atoms with E-state index in [0.717, 1.165) is 0 Å². The number of hydrogen-bond acceptors (Lipinski definition) is 2. The smallest absolute Gasteiger partial charge is 0.390 e. The van der Waals surface area contributed by atoms with Gasteiger partial charge >= 0.3 is 6.18 Å². The zero-order valence-corrected chi connectivity index (χ0v) is 7.15. The first-order valence-corrected chi connectivity index (χ1v) is 3.81. The lowest BCUT2D eigenvalue weighted by molar-refractivity contribution is -0.133. The summed E-state index contributed by atoms with van der Waals surface area (Å²) in [5, 5.41) is 11.5. The fraction of sp³-hybridized carbons (Fsp3) is 1.00. The second-order valence-electron chi connectivity index (χ2n) is 2.85. The largest absolute Gasteiger partial charge is 0.392 e. The zero-order valence-electron chi connectivity index (χ0n) is 7.15. The van der Waals surface area contributed by atoms with Gasteiger partial charge in [-0.25, -0.2) is 0 Å². The lowest BCUT2D eigenvalue weighted by Gasteiger charge is -2.16. The highest BCUT2D eigenvalue weighted by Crippen LogP contribution is 2.18. The van der Waals surface area contributed by atoms with Crippen LogP contribution in [-0.4, -0.2) is 30.0 Å². The number of alkyl halides is 3. The minimum Gasteiger partial charge on any atom is -0.392 e. The average molecular weight is 185 g/mol. The maximum absolute atomic E-state index is 11.6. The quantitative estimate of drug-likeness (QED) is 0.691. The van der Waals surface area contributed by atoms with E-state index in [2.05, 4.69) is 5.32 Å². The molecule has 0 aliphatic rings. The number of halogens is 3. The van der Waals surface area contributed by atoms with Gasteiger partial charge in [0.15, 0.2) is 0 Å². The van der Waals surface area contributed by atoms with Gasteiger partial charge in [-0.2, -0.15) is 13.2 Å². The van der Waals surface area contributed by atoms with Gasteiger partial charge in [0, 0.05) is 12.6 Å². The van der Waals surface area contributed by atoms with E-state index in [9.17, 15) is 13.2 Å². The summed E-state index contributed by atoms with van der Waals surface area (Å²) in [5.41, 5.74) is 0. The van der Waals surface area contributed by atoms with Crippen LogP contribution >= 0.6 is 0 Å². The van der Waals surface area contributed by atoms with Crippen molar-refractivity contribution in [2.45, 2.75) is 38.6 Å². The Hall–Kier alpha value is -0.290. The first kappa shape index (κ1) is 11.7. The van der Waals surface area contributed by atoms with Crippen molar-refractivity contribution in [2.24, 2.45) is 0 Å². The number of nitrogens with one attached hydrogen (secondary N) is 1. The lowest BCUT2D eigenvalue weighted by Crippen LogP contribution is -2.37. The molecule has 0 bridgehead atoms. The molecule has 0 spiro atoms. The van der Waals surface area contributed by atoms with Gasteiger partial charge in [-0.3, -0.25) is 0 Å². The van der Waals surface area contributed by atoms with Crippen LogP contribution in [0, 0.1) is 0 Å². The third-order valence-corrected chi connectivity index (χ3v) is 1.60. The fourth-order valence-corrected chi connectivity index (χ4v) is 0.612. The molecular weight excluding hydrogens is 171 g/mol. The van der Waals surface area contributed by atoms with E-state index >= 15 is 0 Å². The molecule has 0 aliphatic heterocycles. The predicted molar refractivity (Wildman–Crippen MR) is 39.8 cm³/mol. The molecule has 0 saturated carbocycles. The van der Waals surface area contributed by atoms with Gasteiger partial charge < -0.3 is 10.4 Å². The van der Waals surface area contributed by atoms with Gasteiger partial charge in [0.1, 0.15) is 0 Å². The van der Waals surface area contributed by atoms with Gasteiger partial charge in [-0.15, -0.1) is 0 Å². The Labute approximate surface area is 69.8 Å². The lowest BCUT2D eigenvalue weighted by atomic mass is 10.2. The first-order chi connectivity index (χ1) is 5.33. The highest BCUT2D eigenvalue weighted by Gasteiger charge is 2.26. The van der Waals surface area contributed by atoms with Crippen LogP contribution in [-0.2, 0) is 0 Å². The van der Waals surface area contributed by atoms with E-state index in [1.807, 2.05) is 0 Å². The van der Waals surface area contributed by atoms with Crippen LogP contribution in [0.2, 0.25) is 0 Å². The third kappa shape index (κ3) is 6.42. The topological polar surface area (TPSA) is 32.3 Å². The fourth-order valence-electron chi connectivity index (χ4n) is 0.612. The van der Waals surface area contributed by atoms with Gasteiger partial charge in [0.2, 0.25) is 0 Å². The van der Waals surface area contributed by atoms with Gasteiger partial charge in [-0.05, 0) is 13.8 Å². The molecule has 0 radical (unpaired) electrons. The molecule has 0 fully saturated rings. The molecule has 0 heterocycles. The Morgan fingerprint density at radius 2 is 1.83 bits per heavy atom. The van der Waals surface area contributed by atoms with E-state index < -0.39 is 18.7 Å². The number of hydrogen-bond donors (Lipinski definition) is 2. The molecular formula is C7H14F3NO. The van der Waals surface area contributed by atoms with Crippen LogP contribution in [0.15, 0.2) is 0 Å². The number of aliphatic hydroxyl groups excluding tert-OH is 1. The molecule has 2 N–H and O–H groups in total. The van der Waals surface area contributed by atoms with Crippen molar-refractivity contribution >= 4 is 0 Å². The van der Waals surface area contributed by atoms with Crippen molar-refractivity contribution in [3.05, 3.63) is 0 Å². The van der Waals surface area contributed by atoms with Crippen molar-refractivity contribution in [3.63, 3.8) is 0 Å². The minimum absolute atomic E-state index is 0.143. The number of rotatable bonds is 4. The molecule has 0 saturated heterocycles. The zero-order chi connectivity index (χ0) is 9.78.